The number of pyridine rings is 1. The molecule has 0 saturated heterocycles. The van der Waals surface area contributed by atoms with Gasteiger partial charge in [-0.2, -0.15) is 0 Å². The molecule has 0 unspecified atom stereocenters. The molecule has 0 saturated carbocycles. The molecule has 1 heterocycles. The third kappa shape index (κ3) is 1.45. The van der Waals surface area contributed by atoms with E-state index in [-0.39, 0.29) is 0 Å². The lowest BCUT2D eigenvalue weighted by atomic mass is 10.2. The van der Waals surface area contributed by atoms with E-state index in [4.69, 9.17) is 0 Å². The van der Waals surface area contributed by atoms with Crippen LogP contribution in [-0.4, -0.2) is 4.98 Å². The molecular weight excluding hydrogens is 152 g/mol. The number of aromatic nitrogens is 1. The Morgan fingerprint density at radius 3 is 2.55 bits per heavy atom. The number of hydrogen-bond acceptors (Lipinski definition) is 1. The highest BCUT2D eigenvalue weighted by Gasteiger charge is 2.13. The van der Waals surface area contributed by atoms with Crippen LogP contribution in [0.25, 0.3) is 0 Å². The van der Waals surface area contributed by atoms with Gasteiger partial charge in [-0.3, -0.25) is 4.79 Å². The van der Waals surface area contributed by atoms with Gasteiger partial charge in [0.2, 0.25) is 0 Å². The molecule has 0 spiro atoms. The van der Waals surface area contributed by atoms with Crippen LogP contribution in [0.1, 0.15) is 17.6 Å². The van der Waals surface area contributed by atoms with Gasteiger partial charge in [0.05, 0.1) is 5.56 Å². The molecule has 0 amide bonds. The van der Waals surface area contributed by atoms with E-state index in [0.717, 1.165) is 0 Å². The summed E-state index contributed by atoms with van der Waals surface area (Å²) in [6.07, 6.45) is -1.34. The first-order chi connectivity index (χ1) is 5.13. The van der Waals surface area contributed by atoms with Crippen molar-refractivity contribution >= 4 is 0 Å². The zero-order chi connectivity index (χ0) is 8.43. The van der Waals surface area contributed by atoms with Crippen molar-refractivity contribution in [3.63, 3.8) is 0 Å². The fourth-order valence-corrected chi connectivity index (χ4v) is 0.860. The van der Waals surface area contributed by atoms with Gasteiger partial charge in [0, 0.05) is 6.20 Å². The summed E-state index contributed by atoms with van der Waals surface area (Å²) in [6.45, 7) is 1.48. The topological polar surface area (TPSA) is 32.9 Å². The van der Waals surface area contributed by atoms with Gasteiger partial charge in [0.1, 0.15) is 0 Å². The molecule has 0 aliphatic carbocycles. The van der Waals surface area contributed by atoms with E-state index >= 15 is 0 Å². The first-order valence-corrected chi connectivity index (χ1v) is 3.09. The standard InChI is InChI=1S/C7H7F2NO/c1-4-2-3-10-7(11)5(4)6(8)9/h2-3,6H,1H3,(H,10,11). The van der Waals surface area contributed by atoms with Crippen LogP contribution in [-0.2, 0) is 0 Å². The highest BCUT2D eigenvalue weighted by Crippen LogP contribution is 2.16. The van der Waals surface area contributed by atoms with Gasteiger partial charge < -0.3 is 4.98 Å². The van der Waals surface area contributed by atoms with Gasteiger partial charge in [-0.15, -0.1) is 0 Å². The van der Waals surface area contributed by atoms with Crippen LogP contribution in [0.5, 0.6) is 0 Å². The molecule has 1 N–H and O–H groups in total. The van der Waals surface area contributed by atoms with E-state index in [9.17, 15) is 13.6 Å². The lowest BCUT2D eigenvalue weighted by Gasteiger charge is -2.00. The average Bonchev–Trinajstić information content (AvgIpc) is 1.85. The zero-order valence-corrected chi connectivity index (χ0v) is 5.90. The maximum Gasteiger partial charge on any atom is 0.269 e. The Labute approximate surface area is 61.9 Å². The molecule has 1 aromatic rings. The van der Waals surface area contributed by atoms with Crippen molar-refractivity contribution < 1.29 is 8.78 Å². The van der Waals surface area contributed by atoms with Gasteiger partial charge in [-0.05, 0) is 18.6 Å². The SMILES string of the molecule is Cc1cc[nH]c(=O)c1C(F)F. The van der Waals surface area contributed by atoms with Gasteiger partial charge in [-0.25, -0.2) is 8.78 Å². The van der Waals surface area contributed by atoms with Crippen LogP contribution in [0.15, 0.2) is 17.1 Å². The number of hydrogen-bond donors (Lipinski definition) is 1. The summed E-state index contributed by atoms with van der Waals surface area (Å²) in [5.41, 5.74) is -0.823. The van der Waals surface area contributed by atoms with E-state index in [2.05, 4.69) is 4.98 Å². The summed E-state index contributed by atoms with van der Waals surface area (Å²) < 4.78 is 24.1. The molecule has 0 radical (unpaired) electrons. The zero-order valence-electron chi connectivity index (χ0n) is 5.90. The third-order valence-corrected chi connectivity index (χ3v) is 1.44. The first-order valence-electron chi connectivity index (χ1n) is 3.09. The second-order valence-corrected chi connectivity index (χ2v) is 2.20. The number of aryl methyl sites for hydroxylation is 1. The Hall–Kier alpha value is -1.19. The van der Waals surface area contributed by atoms with Crippen molar-refractivity contribution in [2.75, 3.05) is 0 Å². The van der Waals surface area contributed by atoms with Crippen molar-refractivity contribution in [2.45, 2.75) is 13.3 Å². The van der Waals surface area contributed by atoms with Crippen molar-refractivity contribution in [1.82, 2.24) is 4.98 Å². The van der Waals surface area contributed by atoms with E-state index in [1.807, 2.05) is 0 Å². The second-order valence-electron chi connectivity index (χ2n) is 2.20. The van der Waals surface area contributed by atoms with E-state index in [1.54, 1.807) is 0 Å². The molecule has 0 atom stereocenters. The smallest absolute Gasteiger partial charge is 0.269 e. The van der Waals surface area contributed by atoms with Crippen molar-refractivity contribution in [3.05, 3.63) is 33.7 Å². The fraction of sp³-hybridized carbons (Fsp3) is 0.286. The monoisotopic (exact) mass is 159 g/mol. The number of aromatic amines is 1. The average molecular weight is 159 g/mol. The van der Waals surface area contributed by atoms with Gasteiger partial charge in [0.25, 0.3) is 12.0 Å². The van der Waals surface area contributed by atoms with Gasteiger partial charge in [0.15, 0.2) is 0 Å². The Kier molecular flexibility index (Phi) is 2.03. The minimum absolute atomic E-state index is 0.323. The Balaban J connectivity index is 3.33. The summed E-state index contributed by atoms with van der Waals surface area (Å²) in [6, 6.07) is 1.45. The predicted octanol–water partition coefficient (Wildman–Crippen LogP) is 1.62. The lowest BCUT2D eigenvalue weighted by Crippen LogP contribution is -2.13. The maximum absolute atomic E-state index is 12.1. The molecule has 0 aliphatic heterocycles. The summed E-state index contributed by atoms with van der Waals surface area (Å²) in [5, 5.41) is 0. The van der Waals surface area contributed by atoms with Crippen LogP contribution in [0.4, 0.5) is 8.78 Å². The molecule has 1 aromatic heterocycles. The molecule has 2 nitrogen and oxygen atoms in total. The second kappa shape index (κ2) is 2.82. The number of rotatable bonds is 1. The summed E-state index contributed by atoms with van der Waals surface area (Å²) in [5.74, 6) is 0. The summed E-state index contributed by atoms with van der Waals surface area (Å²) >= 11 is 0. The summed E-state index contributed by atoms with van der Waals surface area (Å²) in [4.78, 5) is 12.9. The number of H-pyrrole nitrogens is 1. The first kappa shape index (κ1) is 7.91. The van der Waals surface area contributed by atoms with E-state index in [0.29, 0.717) is 5.56 Å². The largest absolute Gasteiger partial charge is 0.329 e. The molecule has 0 fully saturated rings. The normalized spacial score (nSPS) is 10.5. The lowest BCUT2D eigenvalue weighted by molar-refractivity contribution is 0.149. The predicted molar refractivity (Wildman–Crippen MR) is 36.8 cm³/mol. The van der Waals surface area contributed by atoms with E-state index < -0.39 is 17.5 Å². The molecule has 0 bridgehead atoms. The Bertz CT molecular complexity index is 306. The molecule has 4 heteroatoms. The fourth-order valence-electron chi connectivity index (χ4n) is 0.860. The van der Waals surface area contributed by atoms with Crippen molar-refractivity contribution in [1.29, 1.82) is 0 Å². The maximum atomic E-state index is 12.1. The Morgan fingerprint density at radius 1 is 1.55 bits per heavy atom. The minimum atomic E-state index is -2.69. The van der Waals surface area contributed by atoms with Crippen LogP contribution in [0, 0.1) is 6.92 Å². The van der Waals surface area contributed by atoms with Crippen LogP contribution in [0.2, 0.25) is 0 Å². The highest BCUT2D eigenvalue weighted by atomic mass is 19.3. The van der Waals surface area contributed by atoms with Crippen LogP contribution in [0.3, 0.4) is 0 Å². The van der Waals surface area contributed by atoms with Crippen molar-refractivity contribution in [3.8, 4) is 0 Å². The van der Waals surface area contributed by atoms with Crippen LogP contribution >= 0.6 is 0 Å². The number of nitrogens with one attached hydrogen (secondary N) is 1. The van der Waals surface area contributed by atoms with Crippen molar-refractivity contribution in [2.24, 2.45) is 0 Å². The third-order valence-electron chi connectivity index (χ3n) is 1.44. The molecule has 1 rings (SSSR count). The molecule has 0 aliphatic rings. The number of alkyl halides is 2. The van der Waals surface area contributed by atoms with E-state index in [1.165, 1.54) is 19.2 Å². The minimum Gasteiger partial charge on any atom is -0.329 e. The highest BCUT2D eigenvalue weighted by molar-refractivity contribution is 5.22. The molecule has 60 valence electrons. The number of halogens is 2. The summed E-state index contributed by atoms with van der Waals surface area (Å²) in [7, 11) is 0. The van der Waals surface area contributed by atoms with Crippen LogP contribution < -0.4 is 5.56 Å². The van der Waals surface area contributed by atoms with Gasteiger partial charge in [-0.1, -0.05) is 0 Å². The molecule has 11 heavy (non-hydrogen) atoms. The quantitative estimate of drug-likeness (QED) is 0.663. The van der Waals surface area contributed by atoms with Gasteiger partial charge >= 0.3 is 0 Å². The molecule has 0 aromatic carbocycles. The Morgan fingerprint density at radius 2 is 2.18 bits per heavy atom. The molecular formula is C7H7F2NO.